The Hall–Kier alpha value is -1.81. The molecule has 120 valence electrons. The highest BCUT2D eigenvalue weighted by Gasteiger charge is 2.30. The van der Waals surface area contributed by atoms with Crippen LogP contribution in [0.15, 0.2) is 46.9 Å². The summed E-state index contributed by atoms with van der Waals surface area (Å²) in [6.45, 7) is 4.92. The summed E-state index contributed by atoms with van der Waals surface area (Å²) in [5.41, 5.74) is 4.41. The Morgan fingerprint density at radius 2 is 2.04 bits per heavy atom. The van der Waals surface area contributed by atoms with Crippen molar-refractivity contribution < 1.29 is 4.79 Å². The van der Waals surface area contributed by atoms with E-state index < -0.39 is 0 Å². The quantitative estimate of drug-likeness (QED) is 0.748. The maximum Gasteiger partial charge on any atom is 0.322 e. The lowest BCUT2D eigenvalue weighted by Crippen LogP contribution is -2.34. The van der Waals surface area contributed by atoms with Crippen LogP contribution in [0, 0.1) is 13.8 Å². The highest BCUT2D eigenvalue weighted by molar-refractivity contribution is 9.10. The topological polar surface area (TPSA) is 32.3 Å². The van der Waals surface area contributed by atoms with E-state index in [1.807, 2.05) is 30.0 Å². The van der Waals surface area contributed by atoms with Gasteiger partial charge >= 0.3 is 6.03 Å². The maximum atomic E-state index is 12.7. The molecule has 1 N–H and O–H groups in total. The standard InChI is InChI=1S/C19H21BrN2O/c1-13-5-3-6-15(11-13)18-7-4-10-22(18)19(23)21-16-8-9-17(20)14(2)12-16/h3,5-6,8-9,11-12,18H,4,7,10H2,1-2H3,(H,21,23). The van der Waals surface area contributed by atoms with Crippen LogP contribution in [0.4, 0.5) is 10.5 Å². The number of likely N-dealkylation sites (tertiary alicyclic amines) is 1. The van der Waals surface area contributed by atoms with E-state index in [2.05, 4.69) is 52.4 Å². The monoisotopic (exact) mass is 372 g/mol. The number of nitrogens with one attached hydrogen (secondary N) is 1. The van der Waals surface area contributed by atoms with Crippen molar-refractivity contribution in [3.05, 3.63) is 63.6 Å². The summed E-state index contributed by atoms with van der Waals surface area (Å²) < 4.78 is 1.05. The highest BCUT2D eigenvalue weighted by atomic mass is 79.9. The van der Waals surface area contributed by atoms with Crippen LogP contribution in [0.25, 0.3) is 0 Å². The molecular formula is C19H21BrN2O. The molecule has 1 unspecified atom stereocenters. The van der Waals surface area contributed by atoms with Crippen molar-refractivity contribution in [1.29, 1.82) is 0 Å². The lowest BCUT2D eigenvalue weighted by molar-refractivity contribution is 0.207. The first-order valence-electron chi connectivity index (χ1n) is 7.95. The molecule has 1 atom stereocenters. The van der Waals surface area contributed by atoms with Crippen LogP contribution in [-0.2, 0) is 0 Å². The Kier molecular flexibility index (Phi) is 4.71. The number of aryl methyl sites for hydroxylation is 2. The first-order chi connectivity index (χ1) is 11.0. The molecule has 1 aliphatic heterocycles. The molecule has 0 bridgehead atoms. The summed E-state index contributed by atoms with van der Waals surface area (Å²) in [5.74, 6) is 0. The summed E-state index contributed by atoms with van der Waals surface area (Å²) in [6.07, 6.45) is 2.07. The van der Waals surface area contributed by atoms with Crippen LogP contribution in [-0.4, -0.2) is 17.5 Å². The molecule has 23 heavy (non-hydrogen) atoms. The number of carbonyl (C=O) groups is 1. The van der Waals surface area contributed by atoms with Gasteiger partial charge in [-0.2, -0.15) is 0 Å². The predicted octanol–water partition coefficient (Wildman–Crippen LogP) is 5.43. The lowest BCUT2D eigenvalue weighted by atomic mass is 10.0. The second kappa shape index (κ2) is 6.75. The van der Waals surface area contributed by atoms with E-state index in [4.69, 9.17) is 0 Å². The first kappa shape index (κ1) is 16.1. The van der Waals surface area contributed by atoms with E-state index in [1.165, 1.54) is 11.1 Å². The minimum Gasteiger partial charge on any atom is -0.317 e. The van der Waals surface area contributed by atoms with Crippen LogP contribution >= 0.6 is 15.9 Å². The van der Waals surface area contributed by atoms with Gasteiger partial charge in [0, 0.05) is 16.7 Å². The van der Waals surface area contributed by atoms with Gasteiger partial charge in [-0.3, -0.25) is 0 Å². The van der Waals surface area contributed by atoms with E-state index in [9.17, 15) is 4.79 Å². The van der Waals surface area contributed by atoms with Gasteiger partial charge in [0.15, 0.2) is 0 Å². The fraction of sp³-hybridized carbons (Fsp3) is 0.316. The van der Waals surface area contributed by atoms with Gasteiger partial charge in [-0.1, -0.05) is 45.8 Å². The Bertz CT molecular complexity index is 729. The summed E-state index contributed by atoms with van der Waals surface area (Å²) in [4.78, 5) is 14.6. The van der Waals surface area contributed by atoms with Crippen LogP contribution in [0.3, 0.4) is 0 Å². The predicted molar refractivity (Wildman–Crippen MR) is 97.8 cm³/mol. The van der Waals surface area contributed by atoms with Gasteiger partial charge in [-0.25, -0.2) is 4.79 Å². The molecule has 0 aliphatic carbocycles. The van der Waals surface area contributed by atoms with Crippen molar-refractivity contribution >= 4 is 27.6 Å². The largest absolute Gasteiger partial charge is 0.322 e. The Labute approximate surface area is 145 Å². The molecule has 0 aromatic heterocycles. The van der Waals surface area contributed by atoms with Crippen molar-refractivity contribution in [2.45, 2.75) is 32.7 Å². The van der Waals surface area contributed by atoms with Crippen molar-refractivity contribution in [3.8, 4) is 0 Å². The third-order valence-corrected chi connectivity index (χ3v) is 5.24. The second-order valence-electron chi connectivity index (χ2n) is 6.16. The van der Waals surface area contributed by atoms with Gasteiger partial charge in [0.25, 0.3) is 0 Å². The van der Waals surface area contributed by atoms with Crippen molar-refractivity contribution in [2.24, 2.45) is 0 Å². The molecule has 0 saturated carbocycles. The van der Waals surface area contributed by atoms with Gasteiger partial charge in [0.05, 0.1) is 6.04 Å². The molecular weight excluding hydrogens is 352 g/mol. The van der Waals surface area contributed by atoms with Crippen molar-refractivity contribution in [3.63, 3.8) is 0 Å². The minimum absolute atomic E-state index is 0.0178. The molecule has 2 amide bonds. The summed E-state index contributed by atoms with van der Waals surface area (Å²) in [7, 11) is 0. The van der Waals surface area contributed by atoms with E-state index in [-0.39, 0.29) is 12.1 Å². The molecule has 1 aliphatic rings. The Morgan fingerprint density at radius 3 is 2.78 bits per heavy atom. The van der Waals surface area contributed by atoms with E-state index >= 15 is 0 Å². The third kappa shape index (κ3) is 3.58. The summed E-state index contributed by atoms with van der Waals surface area (Å²) in [6, 6.07) is 14.5. The number of anilines is 1. The van der Waals surface area contributed by atoms with E-state index in [1.54, 1.807) is 0 Å². The van der Waals surface area contributed by atoms with Crippen LogP contribution in [0.2, 0.25) is 0 Å². The zero-order valence-corrected chi connectivity index (χ0v) is 15.1. The van der Waals surface area contributed by atoms with Crippen molar-refractivity contribution in [2.75, 3.05) is 11.9 Å². The molecule has 2 aromatic carbocycles. The molecule has 3 nitrogen and oxygen atoms in total. The van der Waals surface area contributed by atoms with Crippen molar-refractivity contribution in [1.82, 2.24) is 4.90 Å². The number of hydrogen-bond acceptors (Lipinski definition) is 1. The SMILES string of the molecule is Cc1cccc(C2CCCN2C(=O)Nc2ccc(Br)c(C)c2)c1. The zero-order valence-electron chi connectivity index (χ0n) is 13.5. The third-order valence-electron chi connectivity index (χ3n) is 4.35. The number of benzene rings is 2. The molecule has 3 rings (SSSR count). The second-order valence-corrected chi connectivity index (χ2v) is 7.01. The molecule has 4 heteroatoms. The first-order valence-corrected chi connectivity index (χ1v) is 8.74. The van der Waals surface area contributed by atoms with Gasteiger partial charge < -0.3 is 10.2 Å². The maximum absolute atomic E-state index is 12.7. The number of amides is 2. The number of hydrogen-bond donors (Lipinski definition) is 1. The number of rotatable bonds is 2. The Balaban J connectivity index is 1.76. The van der Waals surface area contributed by atoms with Crippen LogP contribution in [0.1, 0.15) is 35.6 Å². The number of urea groups is 1. The van der Waals surface area contributed by atoms with E-state index in [0.717, 1.165) is 35.1 Å². The highest BCUT2D eigenvalue weighted by Crippen LogP contribution is 2.33. The van der Waals surface area contributed by atoms with Gasteiger partial charge in [-0.05, 0) is 56.0 Å². The normalized spacial score (nSPS) is 17.3. The van der Waals surface area contributed by atoms with Gasteiger partial charge in [0.2, 0.25) is 0 Å². The van der Waals surface area contributed by atoms with Crippen LogP contribution < -0.4 is 5.32 Å². The van der Waals surface area contributed by atoms with Gasteiger partial charge in [-0.15, -0.1) is 0 Å². The lowest BCUT2D eigenvalue weighted by Gasteiger charge is -2.25. The Morgan fingerprint density at radius 1 is 1.22 bits per heavy atom. The molecule has 1 fully saturated rings. The summed E-state index contributed by atoms with van der Waals surface area (Å²) in [5, 5.41) is 3.03. The molecule has 0 spiro atoms. The molecule has 2 aromatic rings. The fourth-order valence-electron chi connectivity index (χ4n) is 3.15. The average Bonchev–Trinajstić information content (AvgIpc) is 3.00. The molecule has 1 saturated heterocycles. The smallest absolute Gasteiger partial charge is 0.317 e. The zero-order chi connectivity index (χ0) is 16.4. The summed E-state index contributed by atoms with van der Waals surface area (Å²) >= 11 is 3.49. The number of halogens is 1. The van der Waals surface area contributed by atoms with Gasteiger partial charge in [0.1, 0.15) is 0 Å². The minimum atomic E-state index is -0.0178. The van der Waals surface area contributed by atoms with Crippen LogP contribution in [0.5, 0.6) is 0 Å². The molecule has 0 radical (unpaired) electrons. The number of nitrogens with zero attached hydrogens (tertiary/aromatic N) is 1. The fourth-order valence-corrected chi connectivity index (χ4v) is 3.40. The van der Waals surface area contributed by atoms with E-state index in [0.29, 0.717) is 0 Å². The average molecular weight is 373 g/mol. The molecule has 1 heterocycles. The number of carbonyl (C=O) groups excluding carboxylic acids is 1.